The molecular weight excluding hydrogens is 308 g/mol. The molecule has 0 radical (unpaired) electrons. The topological polar surface area (TPSA) is 32.3 Å². The van der Waals surface area contributed by atoms with Crippen LogP contribution in [0.4, 0.5) is 11.4 Å². The van der Waals surface area contributed by atoms with Crippen LogP contribution in [0.1, 0.15) is 30.4 Å². The van der Waals surface area contributed by atoms with E-state index in [0.717, 1.165) is 37.1 Å². The number of amides is 1. The Morgan fingerprint density at radius 2 is 1.52 bits per heavy atom. The van der Waals surface area contributed by atoms with E-state index in [9.17, 15) is 4.79 Å². The van der Waals surface area contributed by atoms with Gasteiger partial charge in [-0.1, -0.05) is 36.4 Å². The summed E-state index contributed by atoms with van der Waals surface area (Å²) in [4.78, 5) is 12.3. The van der Waals surface area contributed by atoms with Crippen molar-refractivity contribution in [3.05, 3.63) is 59.7 Å². The third-order valence-electron chi connectivity index (χ3n) is 4.15. The molecule has 2 aromatic rings. The highest BCUT2D eigenvalue weighted by Gasteiger charge is 2.21. The summed E-state index contributed by atoms with van der Waals surface area (Å²) in [5, 5.41) is 1.95. The number of hydrogen-bond donors (Lipinski definition) is 1. The van der Waals surface area contributed by atoms with Crippen LogP contribution in [0.2, 0.25) is 0 Å². The van der Waals surface area contributed by atoms with Crippen LogP contribution in [0, 0.1) is 0 Å². The summed E-state index contributed by atoms with van der Waals surface area (Å²) in [6, 6.07) is 16.5. The molecule has 1 amide bonds. The van der Waals surface area contributed by atoms with Crippen LogP contribution in [0.25, 0.3) is 0 Å². The number of nitrogens with zero attached hydrogens (tertiary/aromatic N) is 1. The Hall–Kier alpha value is -2.00. The number of fused-ring (bicyclic) bond motifs is 2. The molecule has 0 saturated heterocycles. The highest BCUT2D eigenvalue weighted by atomic mass is 35.5. The highest BCUT2D eigenvalue weighted by Crippen LogP contribution is 2.34. The molecule has 3 rings (SSSR count). The maximum atomic E-state index is 12.3. The lowest BCUT2D eigenvalue weighted by molar-refractivity contribution is -0.121. The molecule has 3 nitrogen and oxygen atoms in total. The van der Waals surface area contributed by atoms with Gasteiger partial charge in [-0.25, -0.2) is 0 Å². The van der Waals surface area contributed by atoms with Gasteiger partial charge in [-0.05, 0) is 48.9 Å². The second-order valence-corrected chi connectivity index (χ2v) is 6.15. The number of carbonyl (C=O) groups excluding carboxylic acids is 1. The van der Waals surface area contributed by atoms with Crippen molar-refractivity contribution in [3.63, 3.8) is 0 Å². The molecular formula is C19H21ClN2O. The van der Waals surface area contributed by atoms with Crippen molar-refractivity contribution in [2.75, 3.05) is 10.9 Å². The summed E-state index contributed by atoms with van der Waals surface area (Å²) in [5.41, 5.74) is 7.71. The number of anilines is 2. The van der Waals surface area contributed by atoms with E-state index in [1.165, 1.54) is 11.1 Å². The van der Waals surface area contributed by atoms with Gasteiger partial charge in [0.05, 0.1) is 11.4 Å². The first-order valence-corrected chi connectivity index (χ1v) is 8.64. The minimum Gasteiger partial charge on any atom is -0.273 e. The van der Waals surface area contributed by atoms with Crippen LogP contribution in [-0.4, -0.2) is 11.8 Å². The van der Waals surface area contributed by atoms with E-state index in [0.29, 0.717) is 12.3 Å². The molecule has 0 atom stereocenters. The van der Waals surface area contributed by atoms with Crippen LogP contribution < -0.4 is 10.4 Å². The molecule has 1 N–H and O–H groups in total. The molecule has 0 unspecified atom stereocenters. The predicted octanol–water partition coefficient (Wildman–Crippen LogP) is 4.36. The van der Waals surface area contributed by atoms with Gasteiger partial charge < -0.3 is 0 Å². The molecule has 0 saturated carbocycles. The molecule has 4 heteroatoms. The number of nitrogens with one attached hydrogen (secondary N) is 1. The predicted molar refractivity (Wildman–Crippen MR) is 95.1 cm³/mol. The normalized spacial score (nSPS) is 13.0. The van der Waals surface area contributed by atoms with Gasteiger partial charge in [0.2, 0.25) is 5.91 Å². The van der Waals surface area contributed by atoms with Crippen molar-refractivity contribution in [2.24, 2.45) is 0 Å². The van der Waals surface area contributed by atoms with Crippen molar-refractivity contribution in [3.8, 4) is 0 Å². The van der Waals surface area contributed by atoms with Gasteiger partial charge in [-0.3, -0.25) is 15.2 Å². The molecule has 23 heavy (non-hydrogen) atoms. The van der Waals surface area contributed by atoms with Crippen LogP contribution in [0.15, 0.2) is 48.5 Å². The quantitative estimate of drug-likeness (QED) is 0.653. The third kappa shape index (κ3) is 3.67. The first kappa shape index (κ1) is 15.9. The van der Waals surface area contributed by atoms with E-state index in [-0.39, 0.29) is 5.91 Å². The van der Waals surface area contributed by atoms with Crippen molar-refractivity contribution >= 4 is 28.9 Å². The lowest BCUT2D eigenvalue weighted by atomic mass is 10.0. The number of unbranched alkanes of at least 4 members (excludes halogenated alkanes) is 1. The van der Waals surface area contributed by atoms with E-state index in [1.54, 1.807) is 0 Å². The number of aryl methyl sites for hydroxylation is 2. The first-order valence-electron chi connectivity index (χ1n) is 8.11. The maximum Gasteiger partial charge on any atom is 0.238 e. The zero-order valence-electron chi connectivity index (χ0n) is 13.1. The van der Waals surface area contributed by atoms with Crippen LogP contribution in [0.5, 0.6) is 0 Å². The lowest BCUT2D eigenvalue weighted by Crippen LogP contribution is -2.39. The monoisotopic (exact) mass is 328 g/mol. The number of carbonyl (C=O) groups is 1. The van der Waals surface area contributed by atoms with E-state index in [1.807, 2.05) is 17.1 Å². The third-order valence-corrected chi connectivity index (χ3v) is 4.42. The average Bonchev–Trinajstić information content (AvgIpc) is 2.73. The molecule has 120 valence electrons. The second-order valence-electron chi connectivity index (χ2n) is 5.77. The number of rotatable bonds is 5. The van der Waals surface area contributed by atoms with Gasteiger partial charge in [0.25, 0.3) is 0 Å². The molecule has 0 bridgehead atoms. The number of halogens is 1. The second kappa shape index (κ2) is 7.51. The first-order chi connectivity index (χ1) is 11.3. The van der Waals surface area contributed by atoms with Gasteiger partial charge in [-0.15, -0.1) is 11.6 Å². The maximum absolute atomic E-state index is 12.3. The summed E-state index contributed by atoms with van der Waals surface area (Å²) >= 11 is 5.69. The van der Waals surface area contributed by atoms with Crippen molar-refractivity contribution in [2.45, 2.75) is 32.1 Å². The number of alkyl halides is 1. The molecule has 0 spiro atoms. The van der Waals surface area contributed by atoms with Gasteiger partial charge in [-0.2, -0.15) is 0 Å². The fourth-order valence-corrected chi connectivity index (χ4v) is 3.15. The van der Waals surface area contributed by atoms with E-state index in [4.69, 9.17) is 11.6 Å². The molecule has 0 aliphatic carbocycles. The Kier molecular flexibility index (Phi) is 5.19. The zero-order chi connectivity index (χ0) is 16.1. The Morgan fingerprint density at radius 1 is 0.957 bits per heavy atom. The summed E-state index contributed by atoms with van der Waals surface area (Å²) in [5.74, 6) is 0.629. The Morgan fingerprint density at radius 3 is 2.09 bits per heavy atom. The Labute approximate surface area is 142 Å². The van der Waals surface area contributed by atoms with Crippen molar-refractivity contribution in [1.82, 2.24) is 5.43 Å². The van der Waals surface area contributed by atoms with Crippen LogP contribution >= 0.6 is 11.6 Å². The fraction of sp³-hybridized carbons (Fsp3) is 0.316. The average molecular weight is 329 g/mol. The Balaban J connectivity index is 1.89. The van der Waals surface area contributed by atoms with Gasteiger partial charge >= 0.3 is 0 Å². The molecule has 1 aliphatic heterocycles. The number of hydrazine groups is 1. The van der Waals surface area contributed by atoms with E-state index < -0.39 is 0 Å². The highest BCUT2D eigenvalue weighted by molar-refractivity contribution is 6.17. The molecule has 1 heterocycles. The fourth-order valence-electron chi connectivity index (χ4n) is 2.96. The number of para-hydroxylation sites is 2. The van der Waals surface area contributed by atoms with Crippen molar-refractivity contribution < 1.29 is 4.79 Å². The Bertz CT molecular complexity index is 639. The summed E-state index contributed by atoms with van der Waals surface area (Å²) < 4.78 is 0. The lowest BCUT2D eigenvalue weighted by Gasteiger charge is -2.27. The van der Waals surface area contributed by atoms with E-state index >= 15 is 0 Å². The molecule has 0 aromatic heterocycles. The summed E-state index contributed by atoms with van der Waals surface area (Å²) in [7, 11) is 0. The smallest absolute Gasteiger partial charge is 0.238 e. The number of hydrogen-bond acceptors (Lipinski definition) is 2. The largest absolute Gasteiger partial charge is 0.273 e. The van der Waals surface area contributed by atoms with Gasteiger partial charge in [0, 0.05) is 12.3 Å². The summed E-state index contributed by atoms with van der Waals surface area (Å²) in [6.45, 7) is 0. The van der Waals surface area contributed by atoms with Crippen molar-refractivity contribution in [1.29, 1.82) is 0 Å². The minimum absolute atomic E-state index is 0.0293. The standard InChI is InChI=1S/C19H21ClN2O/c20-14-6-5-11-19(23)21-22-17-9-3-1-7-15(17)12-13-16-8-2-4-10-18(16)22/h1-4,7-10H,5-6,11-14H2,(H,21,23). The van der Waals surface area contributed by atoms with E-state index in [2.05, 4.69) is 41.8 Å². The zero-order valence-corrected chi connectivity index (χ0v) is 13.9. The SMILES string of the molecule is O=C(CCCCCl)NN1c2ccccc2CCc2ccccc21. The van der Waals surface area contributed by atoms with Gasteiger partial charge in [0.15, 0.2) is 0 Å². The van der Waals surface area contributed by atoms with Crippen LogP contribution in [-0.2, 0) is 17.6 Å². The minimum atomic E-state index is 0.0293. The molecule has 1 aliphatic rings. The number of benzene rings is 2. The summed E-state index contributed by atoms with van der Waals surface area (Å²) in [6.07, 6.45) is 4.12. The van der Waals surface area contributed by atoms with Crippen LogP contribution in [0.3, 0.4) is 0 Å². The molecule has 2 aromatic carbocycles. The molecule has 0 fully saturated rings. The van der Waals surface area contributed by atoms with Gasteiger partial charge in [0.1, 0.15) is 0 Å².